The first-order valence-corrected chi connectivity index (χ1v) is 5.13. The van der Waals surface area contributed by atoms with Crippen LogP contribution in [0, 0.1) is 0 Å². The lowest BCUT2D eigenvalue weighted by molar-refractivity contribution is -0.154. The summed E-state index contributed by atoms with van der Waals surface area (Å²) in [5, 5.41) is 17.9. The maximum atomic E-state index is 10.5. The maximum Gasteiger partial charge on any atom is 0.336 e. The summed E-state index contributed by atoms with van der Waals surface area (Å²) >= 11 is 2.35. The molecule has 1 atom stereocenters. The first-order chi connectivity index (χ1) is 6.02. The molecule has 1 heterocycles. The number of nitrogens with zero attached hydrogens (tertiary/aromatic N) is 2. The van der Waals surface area contributed by atoms with E-state index in [0.29, 0.717) is 4.34 Å². The van der Waals surface area contributed by atoms with Gasteiger partial charge in [-0.15, -0.1) is 0 Å². The van der Waals surface area contributed by atoms with Crippen LogP contribution in [-0.2, 0) is 4.79 Å². The minimum atomic E-state index is -1.71. The highest BCUT2D eigenvalue weighted by atomic mass is 32.2. The third-order valence-electron chi connectivity index (χ3n) is 1.28. The fourth-order valence-corrected chi connectivity index (χ4v) is 1.94. The number of carboxylic acids is 1. The van der Waals surface area contributed by atoms with Gasteiger partial charge in [-0.3, -0.25) is 0 Å². The van der Waals surface area contributed by atoms with Crippen LogP contribution in [-0.4, -0.2) is 36.9 Å². The number of carboxylic acid groups (broad SMARTS) is 1. The molecule has 7 heteroatoms. The van der Waals surface area contributed by atoms with Crippen LogP contribution in [0.1, 0.15) is 6.92 Å². The normalized spacial score (nSPS) is 15.2. The van der Waals surface area contributed by atoms with Crippen molar-refractivity contribution in [2.45, 2.75) is 16.9 Å². The number of hydrogen-bond acceptors (Lipinski definition) is 6. The van der Waals surface area contributed by atoms with Gasteiger partial charge in [0.1, 0.15) is 6.33 Å². The van der Waals surface area contributed by atoms with Crippen molar-refractivity contribution in [1.82, 2.24) is 9.36 Å². The van der Waals surface area contributed by atoms with Crippen LogP contribution in [0.4, 0.5) is 0 Å². The molecule has 0 aliphatic carbocycles. The van der Waals surface area contributed by atoms with Gasteiger partial charge in [0.15, 0.2) is 9.94 Å². The van der Waals surface area contributed by atoms with E-state index in [2.05, 4.69) is 9.36 Å². The molecule has 1 rings (SSSR count). The minimum absolute atomic E-state index is 0.0670. The molecule has 2 N–H and O–H groups in total. The Hall–Kier alpha value is -0.660. The molecule has 5 nitrogen and oxygen atoms in total. The van der Waals surface area contributed by atoms with E-state index >= 15 is 0 Å². The summed E-state index contributed by atoms with van der Waals surface area (Å²) < 4.78 is 4.40. The van der Waals surface area contributed by atoms with Gasteiger partial charge in [0.2, 0.25) is 0 Å². The lowest BCUT2D eigenvalue weighted by atomic mass is 10.1. The largest absolute Gasteiger partial charge is 0.479 e. The molecule has 1 aromatic rings. The SMILES string of the molecule is CC(O)(CSc1ncns1)C(=O)O. The molecule has 0 saturated carbocycles. The van der Waals surface area contributed by atoms with Crippen molar-refractivity contribution >= 4 is 29.3 Å². The van der Waals surface area contributed by atoms with Crippen molar-refractivity contribution < 1.29 is 15.0 Å². The van der Waals surface area contributed by atoms with Crippen molar-refractivity contribution in [2.75, 3.05) is 5.75 Å². The predicted octanol–water partition coefficient (Wildman–Crippen LogP) is 0.466. The second-order valence-corrected chi connectivity index (χ2v) is 4.58. The molecule has 0 spiro atoms. The molecule has 13 heavy (non-hydrogen) atoms. The van der Waals surface area contributed by atoms with Crippen LogP contribution in [0.15, 0.2) is 10.7 Å². The van der Waals surface area contributed by atoms with E-state index in [0.717, 1.165) is 0 Å². The number of aliphatic carboxylic acids is 1. The molecule has 0 aliphatic rings. The van der Waals surface area contributed by atoms with Crippen molar-refractivity contribution in [3.63, 3.8) is 0 Å². The summed E-state index contributed by atoms with van der Waals surface area (Å²) in [6.07, 6.45) is 1.39. The van der Waals surface area contributed by atoms with Gasteiger partial charge < -0.3 is 10.2 Å². The van der Waals surface area contributed by atoms with Crippen molar-refractivity contribution in [3.05, 3.63) is 6.33 Å². The summed E-state index contributed by atoms with van der Waals surface area (Å²) in [7, 11) is 0. The molecule has 0 bridgehead atoms. The lowest BCUT2D eigenvalue weighted by Crippen LogP contribution is -2.37. The highest BCUT2D eigenvalue weighted by molar-refractivity contribution is 8.01. The van der Waals surface area contributed by atoms with Crippen molar-refractivity contribution in [2.24, 2.45) is 0 Å². The zero-order chi connectivity index (χ0) is 9.90. The molecule has 1 aromatic heterocycles. The molecular formula is C6H8N2O3S2. The molecule has 72 valence electrons. The van der Waals surface area contributed by atoms with Gasteiger partial charge in [-0.25, -0.2) is 9.78 Å². The van der Waals surface area contributed by atoms with E-state index in [1.165, 1.54) is 36.5 Å². The second-order valence-electron chi connectivity index (χ2n) is 2.57. The van der Waals surface area contributed by atoms with Crippen LogP contribution >= 0.6 is 23.3 Å². The zero-order valence-corrected chi connectivity index (χ0v) is 8.43. The molecule has 0 fully saturated rings. The topological polar surface area (TPSA) is 83.3 Å². The molecule has 0 radical (unpaired) electrons. The van der Waals surface area contributed by atoms with Gasteiger partial charge in [-0.05, 0) is 18.5 Å². The van der Waals surface area contributed by atoms with E-state index in [9.17, 15) is 9.90 Å². The van der Waals surface area contributed by atoms with Crippen molar-refractivity contribution in [3.8, 4) is 0 Å². The second kappa shape index (κ2) is 4.03. The van der Waals surface area contributed by atoms with E-state index in [-0.39, 0.29) is 5.75 Å². The Morgan fingerprint density at radius 3 is 3.00 bits per heavy atom. The summed E-state index contributed by atoms with van der Waals surface area (Å²) in [5.41, 5.74) is -1.71. The number of rotatable bonds is 4. The summed E-state index contributed by atoms with van der Waals surface area (Å²) in [6, 6.07) is 0. The number of thioether (sulfide) groups is 1. The van der Waals surface area contributed by atoms with Crippen LogP contribution < -0.4 is 0 Å². The summed E-state index contributed by atoms with van der Waals surface area (Å²) in [6.45, 7) is 1.25. The van der Waals surface area contributed by atoms with Gasteiger partial charge in [0.25, 0.3) is 0 Å². The Balaban J connectivity index is 2.47. The van der Waals surface area contributed by atoms with Gasteiger partial charge in [0.05, 0.1) is 0 Å². The zero-order valence-electron chi connectivity index (χ0n) is 6.80. The molecule has 0 saturated heterocycles. The van der Waals surface area contributed by atoms with Crippen LogP contribution in [0.5, 0.6) is 0 Å². The molecule has 0 aliphatic heterocycles. The Morgan fingerprint density at radius 2 is 2.54 bits per heavy atom. The average molecular weight is 220 g/mol. The van der Waals surface area contributed by atoms with Crippen molar-refractivity contribution in [1.29, 1.82) is 0 Å². The maximum absolute atomic E-state index is 10.5. The Labute approximate surface area is 83.0 Å². The third-order valence-corrected chi connectivity index (χ3v) is 3.38. The number of hydrogen-bond donors (Lipinski definition) is 2. The first-order valence-electron chi connectivity index (χ1n) is 3.37. The number of aromatic nitrogens is 2. The van der Waals surface area contributed by atoms with Crippen LogP contribution in [0.3, 0.4) is 0 Å². The van der Waals surface area contributed by atoms with E-state index in [4.69, 9.17) is 5.11 Å². The molecule has 0 amide bonds. The predicted molar refractivity (Wildman–Crippen MR) is 48.9 cm³/mol. The highest BCUT2D eigenvalue weighted by Crippen LogP contribution is 2.22. The van der Waals surface area contributed by atoms with Gasteiger partial charge >= 0.3 is 5.97 Å². The Bertz CT molecular complexity index is 286. The fourth-order valence-electron chi connectivity index (χ4n) is 0.491. The van der Waals surface area contributed by atoms with Crippen LogP contribution in [0.25, 0.3) is 0 Å². The first kappa shape index (κ1) is 10.4. The average Bonchev–Trinajstić information content (AvgIpc) is 2.52. The van der Waals surface area contributed by atoms with Crippen LogP contribution in [0.2, 0.25) is 0 Å². The van der Waals surface area contributed by atoms with E-state index in [1.807, 2.05) is 0 Å². The van der Waals surface area contributed by atoms with Gasteiger partial charge in [0, 0.05) is 5.75 Å². The number of carbonyl (C=O) groups is 1. The van der Waals surface area contributed by atoms with Gasteiger partial charge in [-0.1, -0.05) is 11.8 Å². The summed E-state index contributed by atoms with van der Waals surface area (Å²) in [5.74, 6) is -1.16. The van der Waals surface area contributed by atoms with E-state index < -0.39 is 11.6 Å². The summed E-state index contributed by atoms with van der Waals surface area (Å²) in [4.78, 5) is 14.3. The molecule has 1 unspecified atom stereocenters. The quantitative estimate of drug-likeness (QED) is 0.717. The molecule has 0 aromatic carbocycles. The standard InChI is InChI=1S/C6H8N2O3S2/c1-6(11,4(9)10)2-12-5-7-3-8-13-5/h3,11H,2H2,1H3,(H,9,10). The third kappa shape index (κ3) is 2.94. The Morgan fingerprint density at radius 1 is 1.85 bits per heavy atom. The molecular weight excluding hydrogens is 212 g/mol. The number of aliphatic hydroxyl groups is 1. The highest BCUT2D eigenvalue weighted by Gasteiger charge is 2.30. The van der Waals surface area contributed by atoms with Gasteiger partial charge in [-0.2, -0.15) is 4.37 Å². The Kier molecular flexibility index (Phi) is 3.23. The minimum Gasteiger partial charge on any atom is -0.479 e. The monoisotopic (exact) mass is 220 g/mol. The van der Waals surface area contributed by atoms with E-state index in [1.54, 1.807) is 0 Å². The smallest absolute Gasteiger partial charge is 0.336 e. The lowest BCUT2D eigenvalue weighted by Gasteiger charge is -2.15. The fraction of sp³-hybridized carbons (Fsp3) is 0.500.